The van der Waals surface area contributed by atoms with Gasteiger partial charge in [0.1, 0.15) is 5.82 Å². The minimum atomic E-state index is 0.337. The number of hydrogen-bond acceptors (Lipinski definition) is 2. The molecular weight excluding hydrogens is 286 g/mol. The van der Waals surface area contributed by atoms with Crippen molar-refractivity contribution in [3.05, 3.63) is 17.7 Å². The molecule has 1 saturated heterocycles. The largest absolute Gasteiger partial charge is 0.342 e. The molecule has 1 aromatic rings. The molecule has 0 aromatic carbocycles. The van der Waals surface area contributed by atoms with Crippen molar-refractivity contribution in [2.75, 3.05) is 13.1 Å². The minimum absolute atomic E-state index is 0.337. The number of piperidine rings is 1. The molecule has 4 rings (SSSR count). The highest BCUT2D eigenvalue weighted by molar-refractivity contribution is 5.79. The number of carbonyl (C=O) groups is 1. The summed E-state index contributed by atoms with van der Waals surface area (Å²) in [5.41, 5.74) is 1.30. The number of nitrogens with zero attached hydrogens (tertiary/aromatic N) is 3. The minimum Gasteiger partial charge on any atom is -0.342 e. The van der Waals surface area contributed by atoms with Gasteiger partial charge in [0.25, 0.3) is 0 Å². The third-order valence-electron chi connectivity index (χ3n) is 6.10. The van der Waals surface area contributed by atoms with Gasteiger partial charge in [0.15, 0.2) is 0 Å². The van der Waals surface area contributed by atoms with Crippen molar-refractivity contribution in [2.24, 2.45) is 11.8 Å². The molecule has 1 amide bonds. The van der Waals surface area contributed by atoms with Crippen LogP contribution in [0.2, 0.25) is 0 Å². The van der Waals surface area contributed by atoms with E-state index in [1.165, 1.54) is 37.2 Å². The molecule has 2 heterocycles. The zero-order valence-corrected chi connectivity index (χ0v) is 14.3. The second kappa shape index (κ2) is 6.29. The van der Waals surface area contributed by atoms with Crippen LogP contribution < -0.4 is 0 Å². The highest BCUT2D eigenvalue weighted by Crippen LogP contribution is 2.40. The summed E-state index contributed by atoms with van der Waals surface area (Å²) in [5, 5.41) is 0. The maximum absolute atomic E-state index is 12.5. The molecular formula is C19H29N3O. The van der Waals surface area contributed by atoms with Gasteiger partial charge in [-0.05, 0) is 51.4 Å². The van der Waals surface area contributed by atoms with E-state index in [1.807, 2.05) is 6.20 Å². The van der Waals surface area contributed by atoms with Crippen LogP contribution >= 0.6 is 0 Å². The molecule has 0 radical (unpaired) electrons. The lowest BCUT2D eigenvalue weighted by molar-refractivity contribution is -0.136. The van der Waals surface area contributed by atoms with Crippen molar-refractivity contribution in [3.8, 4) is 0 Å². The topological polar surface area (TPSA) is 38.1 Å². The number of amides is 1. The Morgan fingerprint density at radius 3 is 2.48 bits per heavy atom. The Labute approximate surface area is 139 Å². The van der Waals surface area contributed by atoms with Gasteiger partial charge in [-0.2, -0.15) is 0 Å². The molecule has 4 heteroatoms. The lowest BCUT2D eigenvalue weighted by Gasteiger charge is -2.34. The van der Waals surface area contributed by atoms with E-state index < -0.39 is 0 Å². The molecule has 0 N–H and O–H groups in total. The maximum atomic E-state index is 12.5. The number of carbonyl (C=O) groups excluding carboxylic acids is 1. The smallest absolute Gasteiger partial charge is 0.225 e. The van der Waals surface area contributed by atoms with E-state index in [9.17, 15) is 4.79 Å². The predicted octanol–water partition coefficient (Wildman–Crippen LogP) is 3.50. The van der Waals surface area contributed by atoms with Gasteiger partial charge in [-0.25, -0.2) is 4.98 Å². The molecule has 1 aromatic heterocycles. The van der Waals surface area contributed by atoms with Crippen molar-refractivity contribution in [2.45, 2.75) is 70.8 Å². The number of aromatic nitrogens is 2. The zero-order chi connectivity index (χ0) is 15.8. The quantitative estimate of drug-likeness (QED) is 0.853. The number of likely N-dealkylation sites (tertiary alicyclic amines) is 1. The summed E-state index contributed by atoms with van der Waals surface area (Å²) in [6.45, 7) is 5.21. The average molecular weight is 315 g/mol. The molecule has 2 aliphatic carbocycles. The third-order valence-corrected chi connectivity index (χ3v) is 6.10. The van der Waals surface area contributed by atoms with Gasteiger partial charge in [0, 0.05) is 43.4 Å². The first-order valence-corrected chi connectivity index (χ1v) is 9.53. The van der Waals surface area contributed by atoms with Crippen molar-refractivity contribution >= 4 is 5.91 Å². The summed E-state index contributed by atoms with van der Waals surface area (Å²) in [5.74, 6) is 3.51. The predicted molar refractivity (Wildman–Crippen MR) is 90.2 cm³/mol. The second-order valence-corrected chi connectivity index (χ2v) is 7.89. The molecule has 4 nitrogen and oxygen atoms in total. The Kier molecular flexibility index (Phi) is 4.16. The van der Waals surface area contributed by atoms with Crippen LogP contribution in [0.5, 0.6) is 0 Å². The number of hydrogen-bond donors (Lipinski definition) is 0. The standard InChI is InChI=1S/C19H29N3O/c1-14-12-20-18(16-6-7-16)22(14)13-15-8-10-21(11-9-15)19(23)17-4-2-3-5-17/h12,15-17H,2-11,13H2,1H3. The molecule has 0 bridgehead atoms. The fraction of sp³-hybridized carbons (Fsp3) is 0.789. The Morgan fingerprint density at radius 2 is 1.83 bits per heavy atom. The normalized spacial score (nSPS) is 23.6. The molecule has 0 atom stereocenters. The van der Waals surface area contributed by atoms with E-state index in [0.29, 0.717) is 23.7 Å². The van der Waals surface area contributed by atoms with Crippen LogP contribution in [-0.2, 0) is 11.3 Å². The zero-order valence-electron chi connectivity index (χ0n) is 14.3. The Balaban J connectivity index is 1.33. The average Bonchev–Trinajstić information content (AvgIpc) is 3.14. The van der Waals surface area contributed by atoms with E-state index in [4.69, 9.17) is 0 Å². The van der Waals surface area contributed by atoms with Crippen LogP contribution in [0, 0.1) is 18.8 Å². The van der Waals surface area contributed by atoms with Crippen molar-refractivity contribution in [3.63, 3.8) is 0 Å². The van der Waals surface area contributed by atoms with Crippen LogP contribution in [0.15, 0.2) is 6.20 Å². The van der Waals surface area contributed by atoms with E-state index >= 15 is 0 Å². The Morgan fingerprint density at radius 1 is 1.13 bits per heavy atom. The molecule has 3 aliphatic rings. The third kappa shape index (κ3) is 3.17. The highest BCUT2D eigenvalue weighted by atomic mass is 16.2. The van der Waals surface area contributed by atoms with Gasteiger partial charge < -0.3 is 9.47 Å². The van der Waals surface area contributed by atoms with Crippen molar-refractivity contribution < 1.29 is 4.79 Å². The summed E-state index contributed by atoms with van der Waals surface area (Å²) in [4.78, 5) is 19.3. The Bertz CT molecular complexity index is 561. The van der Waals surface area contributed by atoms with Gasteiger partial charge in [-0.3, -0.25) is 4.79 Å². The van der Waals surface area contributed by atoms with E-state index in [-0.39, 0.29) is 0 Å². The lowest BCUT2D eigenvalue weighted by atomic mass is 9.95. The number of aryl methyl sites for hydroxylation is 1. The summed E-state index contributed by atoms with van der Waals surface area (Å²) < 4.78 is 2.46. The Hall–Kier alpha value is -1.32. The van der Waals surface area contributed by atoms with Crippen molar-refractivity contribution in [1.29, 1.82) is 0 Å². The van der Waals surface area contributed by atoms with Crippen LogP contribution in [0.1, 0.15) is 68.8 Å². The molecule has 23 heavy (non-hydrogen) atoms. The maximum Gasteiger partial charge on any atom is 0.225 e. The van der Waals surface area contributed by atoms with Crippen LogP contribution in [-0.4, -0.2) is 33.4 Å². The monoisotopic (exact) mass is 315 g/mol. The summed E-state index contributed by atoms with van der Waals surface area (Å²) >= 11 is 0. The second-order valence-electron chi connectivity index (χ2n) is 7.89. The SMILES string of the molecule is Cc1cnc(C2CC2)n1CC1CCN(C(=O)C2CCCC2)CC1. The van der Waals surface area contributed by atoms with Crippen LogP contribution in [0.4, 0.5) is 0 Å². The highest BCUT2D eigenvalue weighted by Gasteiger charge is 2.32. The molecule has 0 spiro atoms. The first-order valence-electron chi connectivity index (χ1n) is 9.53. The van der Waals surface area contributed by atoms with Gasteiger partial charge in [-0.1, -0.05) is 12.8 Å². The molecule has 1 aliphatic heterocycles. The van der Waals surface area contributed by atoms with E-state index in [0.717, 1.165) is 45.3 Å². The molecule has 0 unspecified atom stereocenters. The lowest BCUT2D eigenvalue weighted by Crippen LogP contribution is -2.42. The van der Waals surface area contributed by atoms with Gasteiger partial charge in [0.05, 0.1) is 0 Å². The summed E-state index contributed by atoms with van der Waals surface area (Å²) in [6.07, 6.45) is 11.7. The fourth-order valence-corrected chi connectivity index (χ4v) is 4.41. The van der Waals surface area contributed by atoms with Gasteiger partial charge in [0.2, 0.25) is 5.91 Å². The first-order chi connectivity index (χ1) is 11.2. The van der Waals surface area contributed by atoms with Crippen molar-refractivity contribution in [1.82, 2.24) is 14.5 Å². The first kappa shape index (κ1) is 15.2. The number of imidazole rings is 1. The summed E-state index contributed by atoms with van der Waals surface area (Å²) in [6, 6.07) is 0. The molecule has 126 valence electrons. The number of rotatable bonds is 4. The molecule has 3 fully saturated rings. The fourth-order valence-electron chi connectivity index (χ4n) is 4.41. The van der Waals surface area contributed by atoms with Gasteiger partial charge in [-0.15, -0.1) is 0 Å². The van der Waals surface area contributed by atoms with Crippen LogP contribution in [0.25, 0.3) is 0 Å². The van der Waals surface area contributed by atoms with Crippen LogP contribution in [0.3, 0.4) is 0 Å². The summed E-state index contributed by atoms with van der Waals surface area (Å²) in [7, 11) is 0. The van der Waals surface area contributed by atoms with E-state index in [1.54, 1.807) is 0 Å². The molecule has 2 saturated carbocycles. The van der Waals surface area contributed by atoms with E-state index in [2.05, 4.69) is 21.4 Å². The van der Waals surface area contributed by atoms with Gasteiger partial charge >= 0.3 is 0 Å².